The van der Waals surface area contributed by atoms with E-state index in [-0.39, 0.29) is 11.1 Å². The van der Waals surface area contributed by atoms with Crippen molar-refractivity contribution in [1.82, 2.24) is 4.90 Å². The number of ether oxygens (including phenoxy) is 2. The van der Waals surface area contributed by atoms with E-state index >= 15 is 0 Å². The number of hydrogen-bond donors (Lipinski definition) is 0. The first kappa shape index (κ1) is 20.3. The summed E-state index contributed by atoms with van der Waals surface area (Å²) in [5.74, 6) is -5.33. The smallest absolute Gasteiger partial charge is 0.338 e. The maximum atomic E-state index is 13.1. The van der Waals surface area contributed by atoms with Gasteiger partial charge >= 0.3 is 11.9 Å². The second-order valence-corrected chi connectivity index (χ2v) is 6.73. The van der Waals surface area contributed by atoms with Crippen molar-refractivity contribution in [2.24, 2.45) is 5.92 Å². The number of methoxy groups -OCH3 is 2. The number of amides is 2. The molecule has 0 N–H and O–H groups in total. The first-order valence-corrected chi connectivity index (χ1v) is 9.03. The molecule has 1 aliphatic rings. The van der Waals surface area contributed by atoms with Gasteiger partial charge in [-0.3, -0.25) is 19.3 Å². The number of carbonyl (C=O) groups is 4. The highest BCUT2D eigenvalue weighted by atomic mass is 16.5. The van der Waals surface area contributed by atoms with Crippen LogP contribution in [0.4, 0.5) is 0 Å². The van der Waals surface area contributed by atoms with E-state index in [1.54, 1.807) is 48.5 Å². The molecule has 0 radical (unpaired) electrons. The monoisotopic (exact) mass is 395 g/mol. The molecular formula is C22H21NO6. The fourth-order valence-corrected chi connectivity index (χ4v) is 3.84. The summed E-state index contributed by atoms with van der Waals surface area (Å²) in [5, 5.41) is 0. The maximum absolute atomic E-state index is 13.1. The summed E-state index contributed by atoms with van der Waals surface area (Å²) in [6.07, 6.45) is 0. The summed E-state index contributed by atoms with van der Waals surface area (Å²) in [6, 6.07) is 15.2. The minimum atomic E-state index is -1.15. The molecule has 7 nitrogen and oxygen atoms in total. The molecule has 1 heterocycles. The van der Waals surface area contributed by atoms with Crippen molar-refractivity contribution >= 4 is 23.8 Å². The van der Waals surface area contributed by atoms with E-state index < -0.39 is 41.5 Å². The van der Waals surface area contributed by atoms with Gasteiger partial charge in [-0.2, -0.15) is 0 Å². The fourth-order valence-electron chi connectivity index (χ4n) is 3.84. The van der Waals surface area contributed by atoms with Gasteiger partial charge in [-0.05, 0) is 17.2 Å². The zero-order valence-electron chi connectivity index (χ0n) is 16.3. The SMILES string of the molecule is COC(=O)c1ccccc1[C@H](C(=O)OC)[C@H]1C(=O)N(C)C(=O)[C@@H]1c1ccccc1. The van der Waals surface area contributed by atoms with Crippen LogP contribution in [0.1, 0.15) is 33.3 Å². The second kappa shape index (κ2) is 8.26. The largest absolute Gasteiger partial charge is 0.469 e. The third-order valence-electron chi connectivity index (χ3n) is 5.25. The van der Waals surface area contributed by atoms with Crippen LogP contribution in [-0.2, 0) is 23.9 Å². The van der Waals surface area contributed by atoms with E-state index in [9.17, 15) is 19.2 Å². The molecule has 0 aromatic heterocycles. The Hall–Kier alpha value is -3.48. The van der Waals surface area contributed by atoms with Crippen molar-refractivity contribution in [2.45, 2.75) is 11.8 Å². The van der Waals surface area contributed by atoms with Gasteiger partial charge in [0.1, 0.15) is 0 Å². The second-order valence-electron chi connectivity index (χ2n) is 6.73. The Morgan fingerprint density at radius 2 is 1.52 bits per heavy atom. The third-order valence-corrected chi connectivity index (χ3v) is 5.25. The van der Waals surface area contributed by atoms with E-state index in [1.807, 2.05) is 0 Å². The van der Waals surface area contributed by atoms with Gasteiger partial charge in [0.15, 0.2) is 0 Å². The van der Waals surface area contributed by atoms with Crippen LogP contribution < -0.4 is 0 Å². The van der Waals surface area contributed by atoms with Crippen LogP contribution in [-0.4, -0.2) is 49.9 Å². The number of carbonyl (C=O) groups excluding carboxylic acids is 4. The third kappa shape index (κ3) is 3.51. The summed E-state index contributed by atoms with van der Waals surface area (Å²) < 4.78 is 9.81. The average molecular weight is 395 g/mol. The summed E-state index contributed by atoms with van der Waals surface area (Å²) in [7, 11) is 3.83. The lowest BCUT2D eigenvalue weighted by atomic mass is 9.75. The normalized spacial score (nSPS) is 19.8. The Bertz CT molecular complexity index is 955. The summed E-state index contributed by atoms with van der Waals surface area (Å²) >= 11 is 0. The van der Waals surface area contributed by atoms with Crippen LogP contribution in [0.15, 0.2) is 54.6 Å². The van der Waals surface area contributed by atoms with Crippen LogP contribution in [0.5, 0.6) is 0 Å². The van der Waals surface area contributed by atoms with E-state index in [1.165, 1.54) is 27.3 Å². The fraction of sp³-hybridized carbons (Fsp3) is 0.273. The summed E-state index contributed by atoms with van der Waals surface area (Å²) in [5.41, 5.74) is 1.05. The van der Waals surface area contributed by atoms with Gasteiger partial charge < -0.3 is 9.47 Å². The van der Waals surface area contributed by atoms with E-state index in [0.29, 0.717) is 5.56 Å². The highest BCUT2D eigenvalue weighted by Gasteiger charge is 2.53. The Morgan fingerprint density at radius 3 is 2.14 bits per heavy atom. The van der Waals surface area contributed by atoms with Crippen molar-refractivity contribution in [2.75, 3.05) is 21.3 Å². The van der Waals surface area contributed by atoms with Gasteiger partial charge in [-0.15, -0.1) is 0 Å². The van der Waals surface area contributed by atoms with Gasteiger partial charge in [0, 0.05) is 7.05 Å². The van der Waals surface area contributed by atoms with Gasteiger partial charge in [-0.1, -0.05) is 48.5 Å². The molecule has 150 valence electrons. The molecule has 0 spiro atoms. The highest BCUT2D eigenvalue weighted by Crippen LogP contribution is 2.44. The lowest BCUT2D eigenvalue weighted by Crippen LogP contribution is -2.33. The van der Waals surface area contributed by atoms with Crippen molar-refractivity contribution in [3.63, 3.8) is 0 Å². The molecule has 1 fully saturated rings. The number of likely N-dealkylation sites (N-methyl/N-ethyl adjacent to an activating group) is 1. The molecule has 1 aliphatic heterocycles. The summed E-state index contributed by atoms with van der Waals surface area (Å²) in [4.78, 5) is 52.1. The van der Waals surface area contributed by atoms with Gasteiger partial charge in [-0.25, -0.2) is 4.79 Å². The van der Waals surface area contributed by atoms with Gasteiger partial charge in [0.05, 0.1) is 37.5 Å². The number of rotatable bonds is 5. The molecule has 3 rings (SSSR count). The predicted octanol–water partition coefficient (Wildman–Crippen LogP) is 2.13. The number of benzene rings is 2. The zero-order chi connectivity index (χ0) is 21.1. The topological polar surface area (TPSA) is 90.0 Å². The summed E-state index contributed by atoms with van der Waals surface area (Å²) in [6.45, 7) is 0. The minimum Gasteiger partial charge on any atom is -0.469 e. The van der Waals surface area contributed by atoms with Crippen LogP contribution >= 0.6 is 0 Å². The molecule has 0 aliphatic carbocycles. The number of esters is 2. The molecule has 0 bridgehead atoms. The van der Waals surface area contributed by atoms with Crippen molar-refractivity contribution in [1.29, 1.82) is 0 Å². The Morgan fingerprint density at radius 1 is 0.897 bits per heavy atom. The Kier molecular flexibility index (Phi) is 5.77. The molecule has 2 aromatic rings. The van der Waals surface area contributed by atoms with Crippen LogP contribution in [0.3, 0.4) is 0 Å². The Labute approximate surface area is 168 Å². The molecular weight excluding hydrogens is 374 g/mol. The van der Waals surface area contributed by atoms with Gasteiger partial charge in [0.2, 0.25) is 11.8 Å². The molecule has 2 aromatic carbocycles. The molecule has 0 saturated carbocycles. The molecule has 29 heavy (non-hydrogen) atoms. The molecule has 0 unspecified atom stereocenters. The first-order chi connectivity index (χ1) is 13.9. The molecule has 7 heteroatoms. The van der Waals surface area contributed by atoms with Gasteiger partial charge in [0.25, 0.3) is 0 Å². The maximum Gasteiger partial charge on any atom is 0.338 e. The average Bonchev–Trinajstić information content (AvgIpc) is 2.98. The van der Waals surface area contributed by atoms with E-state index in [0.717, 1.165) is 4.90 Å². The van der Waals surface area contributed by atoms with Crippen LogP contribution in [0, 0.1) is 5.92 Å². The highest BCUT2D eigenvalue weighted by molar-refractivity contribution is 6.10. The van der Waals surface area contributed by atoms with Crippen molar-refractivity contribution < 1.29 is 28.7 Å². The van der Waals surface area contributed by atoms with Crippen molar-refractivity contribution in [3.8, 4) is 0 Å². The molecule has 1 saturated heterocycles. The Balaban J connectivity index is 2.21. The number of likely N-dealkylation sites (tertiary alicyclic amines) is 1. The number of hydrogen-bond acceptors (Lipinski definition) is 6. The standard InChI is InChI=1S/C22H21NO6/c1-23-19(24)16(13-9-5-4-6-10-13)18(20(23)25)17(22(27)29-3)14-11-7-8-12-15(14)21(26)28-2/h4-12,16-18H,1-3H3/t16-,17+,18+/m1/s1. The first-order valence-electron chi connectivity index (χ1n) is 9.03. The van der Waals surface area contributed by atoms with E-state index in [4.69, 9.17) is 9.47 Å². The lowest BCUT2D eigenvalue weighted by Gasteiger charge is -2.25. The molecule has 2 amide bonds. The minimum absolute atomic E-state index is 0.145. The van der Waals surface area contributed by atoms with Crippen LogP contribution in [0.25, 0.3) is 0 Å². The van der Waals surface area contributed by atoms with Crippen LogP contribution in [0.2, 0.25) is 0 Å². The molecule has 3 atom stereocenters. The zero-order valence-corrected chi connectivity index (χ0v) is 16.3. The van der Waals surface area contributed by atoms with Crippen molar-refractivity contribution in [3.05, 3.63) is 71.3 Å². The number of nitrogens with zero attached hydrogens (tertiary/aromatic N) is 1. The predicted molar refractivity (Wildman–Crippen MR) is 103 cm³/mol. The number of imide groups is 1. The lowest BCUT2D eigenvalue weighted by molar-refractivity contribution is -0.147. The quantitative estimate of drug-likeness (QED) is 0.569. The van der Waals surface area contributed by atoms with E-state index in [2.05, 4.69) is 0 Å².